The molecule has 0 aliphatic carbocycles. The second kappa shape index (κ2) is 5.33. The number of carbonyl (C=O) groups excluding carboxylic acids is 1. The summed E-state index contributed by atoms with van der Waals surface area (Å²) in [7, 11) is 8.79. The van der Waals surface area contributed by atoms with Gasteiger partial charge < -0.3 is 19.5 Å². The van der Waals surface area contributed by atoms with Gasteiger partial charge in [0.25, 0.3) is 0 Å². The maximum absolute atomic E-state index is 10.1. The van der Waals surface area contributed by atoms with E-state index in [1.807, 2.05) is 0 Å². The summed E-state index contributed by atoms with van der Waals surface area (Å²) in [4.78, 5) is 10.1. The van der Waals surface area contributed by atoms with Crippen LogP contribution < -0.4 is 5.32 Å². The van der Waals surface area contributed by atoms with Gasteiger partial charge >= 0.3 is 0 Å². The van der Waals surface area contributed by atoms with Crippen LogP contribution in [0.2, 0.25) is 0 Å². The summed E-state index contributed by atoms with van der Waals surface area (Å²) < 4.78 is 15.7. The molecule has 1 rings (SSSR count). The van der Waals surface area contributed by atoms with Crippen molar-refractivity contribution in [2.75, 3.05) is 20.8 Å². The molecule has 4 unspecified atom stereocenters. The Balaban J connectivity index is 2.55. The quantitative estimate of drug-likeness (QED) is 0.439. The van der Waals surface area contributed by atoms with E-state index in [9.17, 15) is 4.79 Å². The predicted octanol–water partition coefficient (Wildman–Crippen LogP) is -1.34. The SMILES string of the molecule is [B]C1OC(CNC=O)C(OC)C1OC. The lowest BCUT2D eigenvalue weighted by molar-refractivity contribution is -0.110. The number of nitrogens with one attached hydrogen (secondary N) is 1. The first kappa shape index (κ1) is 11.5. The van der Waals surface area contributed by atoms with Crippen LogP contribution in [-0.4, -0.2) is 59.3 Å². The van der Waals surface area contributed by atoms with Crippen molar-refractivity contribution in [2.45, 2.75) is 24.3 Å². The molecule has 1 aliphatic heterocycles. The first-order valence-corrected chi connectivity index (χ1v) is 4.38. The Morgan fingerprint density at radius 1 is 1.43 bits per heavy atom. The van der Waals surface area contributed by atoms with Crippen LogP contribution >= 0.6 is 0 Å². The molecule has 5 nitrogen and oxygen atoms in total. The maximum atomic E-state index is 10.1. The van der Waals surface area contributed by atoms with Crippen LogP contribution in [0.5, 0.6) is 0 Å². The van der Waals surface area contributed by atoms with Crippen molar-refractivity contribution in [2.24, 2.45) is 0 Å². The molecule has 0 aromatic carbocycles. The van der Waals surface area contributed by atoms with Crippen molar-refractivity contribution in [3.63, 3.8) is 0 Å². The Kier molecular flexibility index (Phi) is 4.38. The van der Waals surface area contributed by atoms with Crippen molar-refractivity contribution in [1.82, 2.24) is 5.32 Å². The lowest BCUT2D eigenvalue weighted by Crippen LogP contribution is -2.40. The summed E-state index contributed by atoms with van der Waals surface area (Å²) in [6.07, 6.45) is -0.187. The highest BCUT2D eigenvalue weighted by molar-refractivity contribution is 6.11. The molecule has 0 bridgehead atoms. The first-order chi connectivity index (χ1) is 6.74. The fraction of sp³-hybridized carbons (Fsp3) is 0.875. The highest BCUT2D eigenvalue weighted by Crippen LogP contribution is 2.23. The van der Waals surface area contributed by atoms with Gasteiger partial charge in [0.05, 0.1) is 0 Å². The molecule has 6 heteroatoms. The zero-order valence-electron chi connectivity index (χ0n) is 8.30. The molecule has 0 aromatic rings. The van der Waals surface area contributed by atoms with Gasteiger partial charge in [0.2, 0.25) is 6.41 Å². The Bertz CT molecular complexity index is 192. The molecule has 1 aliphatic rings. The third kappa shape index (κ3) is 2.26. The Morgan fingerprint density at radius 2 is 2.07 bits per heavy atom. The molecule has 1 saturated heterocycles. The molecule has 0 aromatic heterocycles. The average molecular weight is 199 g/mol. The molecule has 0 spiro atoms. The number of ether oxygens (including phenoxy) is 3. The third-order valence-corrected chi connectivity index (χ3v) is 2.29. The average Bonchev–Trinajstić information content (AvgIpc) is 2.50. The minimum atomic E-state index is -0.511. The fourth-order valence-corrected chi connectivity index (χ4v) is 1.64. The molecule has 1 N–H and O–H groups in total. The summed E-state index contributed by atoms with van der Waals surface area (Å²) in [6.45, 7) is 0.371. The van der Waals surface area contributed by atoms with E-state index in [0.717, 1.165) is 0 Å². The number of carbonyl (C=O) groups is 1. The Hall–Kier alpha value is -0.585. The van der Waals surface area contributed by atoms with Gasteiger partial charge in [-0.3, -0.25) is 4.79 Å². The van der Waals surface area contributed by atoms with Gasteiger partial charge in [-0.25, -0.2) is 0 Å². The van der Waals surface area contributed by atoms with Crippen LogP contribution in [0.25, 0.3) is 0 Å². The molecule has 0 saturated carbocycles. The van der Waals surface area contributed by atoms with E-state index < -0.39 is 6.00 Å². The summed E-state index contributed by atoms with van der Waals surface area (Å²) in [5.41, 5.74) is 0. The predicted molar refractivity (Wildman–Crippen MR) is 50.1 cm³/mol. The Labute approximate surface area is 84.5 Å². The zero-order chi connectivity index (χ0) is 10.6. The zero-order valence-corrected chi connectivity index (χ0v) is 8.30. The van der Waals surface area contributed by atoms with Gasteiger partial charge in [-0.1, -0.05) is 0 Å². The lowest BCUT2D eigenvalue weighted by Gasteiger charge is -2.20. The van der Waals surface area contributed by atoms with E-state index in [1.54, 1.807) is 14.2 Å². The van der Waals surface area contributed by atoms with Crippen LogP contribution in [0, 0.1) is 0 Å². The van der Waals surface area contributed by atoms with Gasteiger partial charge in [-0.2, -0.15) is 0 Å². The molecule has 1 amide bonds. The third-order valence-electron chi connectivity index (χ3n) is 2.29. The van der Waals surface area contributed by atoms with Crippen LogP contribution in [0.15, 0.2) is 0 Å². The summed E-state index contributed by atoms with van der Waals surface area (Å²) >= 11 is 0. The van der Waals surface area contributed by atoms with Crippen LogP contribution in [0.1, 0.15) is 0 Å². The molecular weight excluding hydrogens is 185 g/mol. The number of hydrogen-bond acceptors (Lipinski definition) is 4. The Morgan fingerprint density at radius 3 is 2.57 bits per heavy atom. The van der Waals surface area contributed by atoms with Crippen LogP contribution in [0.3, 0.4) is 0 Å². The summed E-state index contributed by atoms with van der Waals surface area (Å²) in [5, 5.41) is 2.52. The van der Waals surface area contributed by atoms with Crippen molar-refractivity contribution < 1.29 is 19.0 Å². The second-order valence-electron chi connectivity index (χ2n) is 3.07. The van der Waals surface area contributed by atoms with Crippen LogP contribution in [-0.2, 0) is 19.0 Å². The molecule has 1 heterocycles. The van der Waals surface area contributed by atoms with Crippen molar-refractivity contribution >= 4 is 14.3 Å². The van der Waals surface area contributed by atoms with Gasteiger partial charge in [-0.15, -0.1) is 0 Å². The lowest BCUT2D eigenvalue weighted by atomic mass is 9.93. The monoisotopic (exact) mass is 199 g/mol. The first-order valence-electron chi connectivity index (χ1n) is 4.38. The van der Waals surface area contributed by atoms with E-state index in [4.69, 9.17) is 22.1 Å². The number of amides is 1. The van der Waals surface area contributed by atoms with Crippen molar-refractivity contribution in [3.8, 4) is 0 Å². The smallest absolute Gasteiger partial charge is 0.207 e. The van der Waals surface area contributed by atoms with Crippen LogP contribution in [0.4, 0.5) is 0 Å². The standard InChI is InChI=1S/C8H14BNO4/c1-12-6-5(3-10-4-11)14-8(9)7(6)13-2/h4-8H,3H2,1-2H3,(H,10,11). The normalized spacial score (nSPS) is 37.0. The molecule has 1 fully saturated rings. The number of rotatable bonds is 5. The molecule has 14 heavy (non-hydrogen) atoms. The van der Waals surface area contributed by atoms with Gasteiger partial charge in [0.1, 0.15) is 26.2 Å². The van der Waals surface area contributed by atoms with Gasteiger partial charge in [-0.05, 0) is 0 Å². The van der Waals surface area contributed by atoms with E-state index in [2.05, 4.69) is 5.32 Å². The highest BCUT2D eigenvalue weighted by atomic mass is 16.6. The topological polar surface area (TPSA) is 56.8 Å². The minimum Gasteiger partial charge on any atom is -0.377 e. The second-order valence-corrected chi connectivity index (χ2v) is 3.07. The van der Waals surface area contributed by atoms with Crippen molar-refractivity contribution in [3.05, 3.63) is 0 Å². The van der Waals surface area contributed by atoms with Crippen molar-refractivity contribution in [1.29, 1.82) is 0 Å². The van der Waals surface area contributed by atoms with Gasteiger partial charge in [0.15, 0.2) is 0 Å². The largest absolute Gasteiger partial charge is 0.377 e. The molecule has 2 radical (unpaired) electrons. The molecule has 78 valence electrons. The summed E-state index contributed by atoms with van der Waals surface area (Å²) in [5.74, 6) is 0. The van der Waals surface area contributed by atoms with E-state index in [-0.39, 0.29) is 18.3 Å². The number of methoxy groups -OCH3 is 2. The summed E-state index contributed by atoms with van der Waals surface area (Å²) in [6, 6.07) is -0.511. The molecular formula is C8H14BNO4. The maximum Gasteiger partial charge on any atom is 0.207 e. The van der Waals surface area contributed by atoms with E-state index >= 15 is 0 Å². The number of hydrogen-bond donors (Lipinski definition) is 1. The highest BCUT2D eigenvalue weighted by Gasteiger charge is 2.42. The fourth-order valence-electron chi connectivity index (χ4n) is 1.64. The van der Waals surface area contributed by atoms with E-state index in [1.165, 1.54) is 0 Å². The van der Waals surface area contributed by atoms with Gasteiger partial charge in [0, 0.05) is 26.8 Å². The molecule has 4 atom stereocenters. The minimum absolute atomic E-state index is 0.248. The van der Waals surface area contributed by atoms with E-state index in [0.29, 0.717) is 13.0 Å².